The Labute approximate surface area is 210 Å². The van der Waals surface area contributed by atoms with Gasteiger partial charge in [-0.3, -0.25) is 4.79 Å². The van der Waals surface area contributed by atoms with Crippen LogP contribution in [0.15, 0.2) is 54.7 Å². The van der Waals surface area contributed by atoms with Crippen LogP contribution in [0.5, 0.6) is 0 Å². The van der Waals surface area contributed by atoms with Crippen LogP contribution in [-0.4, -0.2) is 33.6 Å². The number of aliphatic carboxylic acids is 1. The Morgan fingerprint density at radius 3 is 2.11 bits per heavy atom. The van der Waals surface area contributed by atoms with Gasteiger partial charge in [0.15, 0.2) is 5.79 Å². The molecule has 0 saturated carbocycles. The highest BCUT2D eigenvalue weighted by Gasteiger charge is 2.36. The number of hydrogen-bond donors (Lipinski definition) is 1. The van der Waals surface area contributed by atoms with Gasteiger partial charge in [0.2, 0.25) is 0 Å². The molecule has 0 spiro atoms. The van der Waals surface area contributed by atoms with E-state index in [0.29, 0.717) is 19.3 Å². The lowest BCUT2D eigenvalue weighted by molar-refractivity contribution is -0.300. The summed E-state index contributed by atoms with van der Waals surface area (Å²) in [5.41, 5.74) is 4.74. The molecule has 1 aliphatic heterocycles. The first-order chi connectivity index (χ1) is 17.0. The summed E-state index contributed by atoms with van der Waals surface area (Å²) < 4.78 is 41.6. The highest BCUT2D eigenvalue weighted by molar-refractivity contribution is 5.85. The van der Waals surface area contributed by atoms with Crippen molar-refractivity contribution in [2.24, 2.45) is 0 Å². The number of benzene rings is 2. The van der Waals surface area contributed by atoms with Crippen molar-refractivity contribution in [1.82, 2.24) is 4.57 Å². The lowest BCUT2D eigenvalue weighted by Gasteiger charge is -2.40. The average Bonchev–Trinajstić information content (AvgIpc) is 3.17. The second kappa shape index (κ2) is 10.5. The van der Waals surface area contributed by atoms with Gasteiger partial charge >= 0.3 is 5.97 Å². The first-order valence-corrected chi connectivity index (χ1v) is 12.4. The predicted octanol–water partition coefficient (Wildman–Crippen LogP) is 7.00. The van der Waals surface area contributed by atoms with Gasteiger partial charge in [0.1, 0.15) is 11.6 Å². The third kappa shape index (κ3) is 6.02. The van der Waals surface area contributed by atoms with Crippen LogP contribution in [0.2, 0.25) is 0 Å². The summed E-state index contributed by atoms with van der Waals surface area (Å²) in [6.07, 6.45) is 3.23. The zero-order valence-electron chi connectivity index (χ0n) is 21.1. The van der Waals surface area contributed by atoms with Gasteiger partial charge in [0.25, 0.3) is 0 Å². The van der Waals surface area contributed by atoms with Crippen LogP contribution in [0.3, 0.4) is 0 Å². The molecule has 1 saturated heterocycles. The Kier molecular flexibility index (Phi) is 7.62. The monoisotopic (exact) mass is 497 g/mol. The molecule has 0 aliphatic carbocycles. The first kappa shape index (κ1) is 26.0. The molecular weight excluding hydrogens is 464 g/mol. The van der Waals surface area contributed by atoms with Crippen molar-refractivity contribution in [2.45, 2.75) is 77.4 Å². The predicted molar refractivity (Wildman–Crippen MR) is 135 cm³/mol. The van der Waals surface area contributed by atoms with Crippen LogP contribution in [0.4, 0.5) is 8.78 Å². The van der Waals surface area contributed by atoms with E-state index in [1.807, 2.05) is 0 Å². The third-order valence-electron chi connectivity index (χ3n) is 6.51. The fourth-order valence-corrected chi connectivity index (χ4v) is 5.08. The van der Waals surface area contributed by atoms with Gasteiger partial charge in [-0.25, -0.2) is 8.78 Å². The minimum atomic E-state index is -0.896. The van der Waals surface area contributed by atoms with Crippen LogP contribution >= 0.6 is 0 Å². The van der Waals surface area contributed by atoms with Crippen LogP contribution in [0.1, 0.15) is 58.7 Å². The van der Waals surface area contributed by atoms with E-state index < -0.39 is 17.9 Å². The summed E-state index contributed by atoms with van der Waals surface area (Å²) >= 11 is 0. The second-order valence-corrected chi connectivity index (χ2v) is 10.1. The van der Waals surface area contributed by atoms with Crippen molar-refractivity contribution in [3.05, 3.63) is 72.1 Å². The molecule has 2 aromatic carbocycles. The second-order valence-electron chi connectivity index (χ2n) is 10.1. The molecule has 3 aromatic rings. The first-order valence-electron chi connectivity index (χ1n) is 12.4. The topological polar surface area (TPSA) is 60.7 Å². The van der Waals surface area contributed by atoms with E-state index in [2.05, 4.69) is 24.6 Å². The van der Waals surface area contributed by atoms with E-state index in [1.54, 1.807) is 38.1 Å². The Balaban J connectivity index is 1.72. The molecule has 4 rings (SSSR count). The molecule has 1 N–H and O–H groups in total. The van der Waals surface area contributed by atoms with Gasteiger partial charge < -0.3 is 19.1 Å². The number of aromatic nitrogens is 1. The van der Waals surface area contributed by atoms with E-state index in [9.17, 15) is 18.7 Å². The fourth-order valence-electron chi connectivity index (χ4n) is 5.08. The Morgan fingerprint density at radius 2 is 1.56 bits per heavy atom. The number of carbonyl (C=O) groups is 1. The zero-order valence-corrected chi connectivity index (χ0v) is 21.1. The highest BCUT2D eigenvalue weighted by Crippen LogP contribution is 2.40. The number of ether oxygens (including phenoxy) is 2. The number of halogens is 2. The van der Waals surface area contributed by atoms with Gasteiger partial charge in [-0.15, -0.1) is 0 Å². The lowest BCUT2D eigenvalue weighted by Crippen LogP contribution is -2.45. The zero-order chi connectivity index (χ0) is 26.0. The third-order valence-corrected chi connectivity index (χ3v) is 6.51. The Hall–Kier alpha value is -3.03. The highest BCUT2D eigenvalue weighted by atomic mass is 19.1. The standard InChI is InChI=1S/C29H33F2NO4/c1-18(2)32-17-25(19-5-9-21(30)10-6-19)28(20-7-11-22(31)12-8-20)26(32)14-13-23-15-24(16-27(33)34)36-29(3,4)35-23/h5-12,17-18,23-24H,13-16H2,1-4H3,(H,33,34). The van der Waals surface area contributed by atoms with E-state index in [4.69, 9.17) is 9.47 Å². The molecule has 0 radical (unpaired) electrons. The molecule has 5 nitrogen and oxygen atoms in total. The normalized spacial score (nSPS) is 19.5. The number of nitrogens with zero attached hydrogens (tertiary/aromatic N) is 1. The summed E-state index contributed by atoms with van der Waals surface area (Å²) in [6.45, 7) is 7.81. The molecule has 36 heavy (non-hydrogen) atoms. The molecule has 0 bridgehead atoms. The van der Waals surface area contributed by atoms with Crippen LogP contribution in [0, 0.1) is 11.6 Å². The van der Waals surface area contributed by atoms with Crippen molar-refractivity contribution < 1.29 is 28.2 Å². The maximum atomic E-state index is 13.8. The van der Waals surface area contributed by atoms with Crippen molar-refractivity contribution >= 4 is 5.97 Å². The van der Waals surface area contributed by atoms with Gasteiger partial charge in [0.05, 0.1) is 18.6 Å². The van der Waals surface area contributed by atoms with Crippen LogP contribution in [0.25, 0.3) is 22.3 Å². The van der Waals surface area contributed by atoms with Crippen LogP contribution in [-0.2, 0) is 20.7 Å². The maximum Gasteiger partial charge on any atom is 0.305 e. The van der Waals surface area contributed by atoms with E-state index in [1.165, 1.54) is 24.3 Å². The summed E-state index contributed by atoms with van der Waals surface area (Å²) in [6, 6.07) is 13.0. The molecule has 2 unspecified atom stereocenters. The average molecular weight is 498 g/mol. The molecule has 7 heteroatoms. The van der Waals surface area contributed by atoms with Crippen molar-refractivity contribution in [2.75, 3.05) is 0 Å². The van der Waals surface area contributed by atoms with Crippen molar-refractivity contribution in [3.63, 3.8) is 0 Å². The van der Waals surface area contributed by atoms with Crippen LogP contribution < -0.4 is 0 Å². The SMILES string of the molecule is CC(C)n1cc(-c2ccc(F)cc2)c(-c2ccc(F)cc2)c1CCC1CC(CC(=O)O)OC(C)(C)O1. The molecule has 1 aromatic heterocycles. The summed E-state index contributed by atoms with van der Waals surface area (Å²) in [5, 5.41) is 9.26. The summed E-state index contributed by atoms with van der Waals surface area (Å²) in [7, 11) is 0. The van der Waals surface area contributed by atoms with Gasteiger partial charge in [-0.2, -0.15) is 0 Å². The lowest BCUT2D eigenvalue weighted by atomic mass is 9.93. The molecule has 0 amide bonds. The maximum absolute atomic E-state index is 13.8. The number of rotatable bonds is 8. The van der Waals surface area contributed by atoms with E-state index in [-0.39, 0.29) is 30.2 Å². The number of carboxylic acid groups (broad SMARTS) is 1. The molecule has 1 aliphatic rings. The smallest absolute Gasteiger partial charge is 0.305 e. The van der Waals surface area contributed by atoms with E-state index in [0.717, 1.165) is 27.9 Å². The van der Waals surface area contributed by atoms with Gasteiger partial charge in [-0.1, -0.05) is 24.3 Å². The Morgan fingerprint density at radius 1 is 1.00 bits per heavy atom. The summed E-state index contributed by atoms with van der Waals surface area (Å²) in [5.74, 6) is -2.38. The quantitative estimate of drug-likeness (QED) is 0.364. The Bertz CT molecular complexity index is 1200. The fraction of sp³-hybridized carbons (Fsp3) is 0.414. The van der Waals surface area contributed by atoms with Gasteiger partial charge in [0, 0.05) is 35.5 Å². The van der Waals surface area contributed by atoms with E-state index >= 15 is 0 Å². The molecule has 1 fully saturated rings. The van der Waals surface area contributed by atoms with Crippen molar-refractivity contribution in [3.8, 4) is 22.3 Å². The minimum absolute atomic E-state index is 0.0682. The number of hydrogen-bond acceptors (Lipinski definition) is 3. The largest absolute Gasteiger partial charge is 0.481 e. The molecule has 2 heterocycles. The van der Waals surface area contributed by atoms with Gasteiger partial charge in [-0.05, 0) is 75.9 Å². The molecular formula is C29H33F2NO4. The summed E-state index contributed by atoms with van der Waals surface area (Å²) in [4.78, 5) is 11.3. The number of carboxylic acids is 1. The van der Waals surface area contributed by atoms with Crippen molar-refractivity contribution in [1.29, 1.82) is 0 Å². The molecule has 192 valence electrons. The molecule has 2 atom stereocenters. The minimum Gasteiger partial charge on any atom is -0.481 e.